The third-order valence-corrected chi connectivity index (χ3v) is 3.93. The van der Waals surface area contributed by atoms with Crippen molar-refractivity contribution in [3.63, 3.8) is 0 Å². The first-order valence-electron chi connectivity index (χ1n) is 6.88. The molecule has 0 saturated carbocycles. The first kappa shape index (κ1) is 15.4. The summed E-state index contributed by atoms with van der Waals surface area (Å²) in [6.07, 6.45) is 5.11. The SMILES string of the molecule is CC1(C)CC(NC(=O)c2cncc(Br)c2)CC(C)(C)N1. The largest absolute Gasteiger partial charge is 0.349 e. The van der Waals surface area contributed by atoms with Crippen molar-refractivity contribution in [3.8, 4) is 0 Å². The summed E-state index contributed by atoms with van der Waals surface area (Å²) in [5, 5.41) is 6.75. The number of rotatable bonds is 2. The fourth-order valence-corrected chi connectivity index (χ4v) is 3.59. The molecule has 0 spiro atoms. The fourth-order valence-electron chi connectivity index (χ4n) is 3.23. The third-order valence-electron chi connectivity index (χ3n) is 3.49. The molecule has 0 radical (unpaired) electrons. The number of nitrogens with one attached hydrogen (secondary N) is 2. The lowest BCUT2D eigenvalue weighted by Gasteiger charge is -2.46. The molecule has 1 aliphatic heterocycles. The van der Waals surface area contributed by atoms with Crippen LogP contribution in [-0.4, -0.2) is 28.0 Å². The summed E-state index contributed by atoms with van der Waals surface area (Å²) in [6, 6.07) is 1.97. The number of nitrogens with zero attached hydrogens (tertiary/aromatic N) is 1. The van der Waals surface area contributed by atoms with Gasteiger partial charge in [0.2, 0.25) is 0 Å². The Balaban J connectivity index is 2.08. The Kier molecular flexibility index (Phi) is 4.21. The number of aromatic nitrogens is 1. The molecule has 1 fully saturated rings. The van der Waals surface area contributed by atoms with Gasteiger partial charge in [-0.25, -0.2) is 0 Å². The Morgan fingerprint density at radius 2 is 1.90 bits per heavy atom. The Hall–Kier alpha value is -0.940. The van der Waals surface area contributed by atoms with Gasteiger partial charge in [-0.15, -0.1) is 0 Å². The molecule has 1 aliphatic rings. The number of piperidine rings is 1. The van der Waals surface area contributed by atoms with Crippen molar-refractivity contribution < 1.29 is 4.79 Å². The lowest BCUT2D eigenvalue weighted by atomic mass is 9.79. The number of amides is 1. The van der Waals surface area contributed by atoms with Gasteiger partial charge in [0.05, 0.1) is 5.56 Å². The van der Waals surface area contributed by atoms with E-state index >= 15 is 0 Å². The van der Waals surface area contributed by atoms with Crippen LogP contribution in [-0.2, 0) is 0 Å². The number of carbonyl (C=O) groups excluding carboxylic acids is 1. The Morgan fingerprint density at radius 1 is 1.30 bits per heavy atom. The van der Waals surface area contributed by atoms with Crippen LogP contribution < -0.4 is 10.6 Å². The van der Waals surface area contributed by atoms with Crippen molar-refractivity contribution in [2.75, 3.05) is 0 Å². The number of hydrogen-bond acceptors (Lipinski definition) is 3. The van der Waals surface area contributed by atoms with Crippen LogP contribution in [0, 0.1) is 0 Å². The molecule has 1 aromatic heterocycles. The summed E-state index contributed by atoms with van der Waals surface area (Å²) in [5.74, 6) is -0.0581. The molecule has 0 bridgehead atoms. The van der Waals surface area contributed by atoms with Crippen molar-refractivity contribution in [2.24, 2.45) is 0 Å². The van der Waals surface area contributed by atoms with E-state index < -0.39 is 0 Å². The zero-order chi connectivity index (χ0) is 15.0. The van der Waals surface area contributed by atoms with E-state index in [1.54, 1.807) is 18.5 Å². The van der Waals surface area contributed by atoms with Crippen LogP contribution in [0.5, 0.6) is 0 Å². The van der Waals surface area contributed by atoms with Gasteiger partial charge in [-0.1, -0.05) is 0 Å². The van der Waals surface area contributed by atoms with Crippen molar-refractivity contribution in [2.45, 2.75) is 57.7 Å². The molecular weight excluding hydrogens is 318 g/mol. The van der Waals surface area contributed by atoms with Crippen LogP contribution in [0.25, 0.3) is 0 Å². The van der Waals surface area contributed by atoms with E-state index in [1.807, 2.05) is 0 Å². The van der Waals surface area contributed by atoms with Gasteiger partial charge in [0.25, 0.3) is 5.91 Å². The van der Waals surface area contributed by atoms with E-state index in [0.29, 0.717) is 5.56 Å². The van der Waals surface area contributed by atoms with Crippen LogP contribution in [0.15, 0.2) is 22.9 Å². The Morgan fingerprint density at radius 3 is 2.45 bits per heavy atom. The highest BCUT2D eigenvalue weighted by Crippen LogP contribution is 2.28. The van der Waals surface area contributed by atoms with Gasteiger partial charge < -0.3 is 10.6 Å². The predicted octanol–water partition coefficient (Wildman–Crippen LogP) is 2.88. The Bertz CT molecular complexity index is 498. The van der Waals surface area contributed by atoms with Gasteiger partial charge in [-0.05, 0) is 62.5 Å². The standard InChI is InChI=1S/C15H22BrN3O/c1-14(2)6-12(7-15(3,4)19-14)18-13(20)10-5-11(16)9-17-8-10/h5,8-9,12,19H,6-7H2,1-4H3,(H,18,20). The molecule has 5 heteroatoms. The quantitative estimate of drug-likeness (QED) is 0.870. The van der Waals surface area contributed by atoms with E-state index in [9.17, 15) is 4.79 Å². The minimum absolute atomic E-state index is 0.0230. The van der Waals surface area contributed by atoms with E-state index in [4.69, 9.17) is 0 Å². The van der Waals surface area contributed by atoms with Crippen LogP contribution in [0.2, 0.25) is 0 Å². The van der Waals surface area contributed by atoms with Crippen molar-refractivity contribution in [1.82, 2.24) is 15.6 Å². The molecule has 2 N–H and O–H groups in total. The minimum Gasteiger partial charge on any atom is -0.349 e. The molecule has 2 heterocycles. The fraction of sp³-hybridized carbons (Fsp3) is 0.600. The van der Waals surface area contributed by atoms with Crippen LogP contribution in [0.4, 0.5) is 0 Å². The van der Waals surface area contributed by atoms with Crippen LogP contribution in [0.1, 0.15) is 50.9 Å². The summed E-state index contributed by atoms with van der Waals surface area (Å²) in [6.45, 7) is 8.70. The summed E-state index contributed by atoms with van der Waals surface area (Å²) in [4.78, 5) is 16.3. The van der Waals surface area contributed by atoms with E-state index in [-0.39, 0.29) is 23.0 Å². The van der Waals surface area contributed by atoms with Crippen molar-refractivity contribution >= 4 is 21.8 Å². The minimum atomic E-state index is -0.0581. The predicted molar refractivity (Wildman–Crippen MR) is 83.7 cm³/mol. The molecule has 20 heavy (non-hydrogen) atoms. The average Bonchev–Trinajstić information content (AvgIpc) is 2.24. The number of hydrogen-bond donors (Lipinski definition) is 2. The van der Waals surface area contributed by atoms with Gasteiger partial charge in [-0.3, -0.25) is 9.78 Å². The molecule has 0 atom stereocenters. The molecule has 2 rings (SSSR count). The van der Waals surface area contributed by atoms with E-state index in [0.717, 1.165) is 17.3 Å². The molecule has 1 saturated heterocycles. The van der Waals surface area contributed by atoms with Gasteiger partial charge in [-0.2, -0.15) is 0 Å². The lowest BCUT2D eigenvalue weighted by molar-refractivity contribution is 0.0873. The highest BCUT2D eigenvalue weighted by molar-refractivity contribution is 9.10. The normalized spacial score (nSPS) is 21.4. The molecule has 0 aromatic carbocycles. The number of halogens is 1. The number of pyridine rings is 1. The van der Waals surface area contributed by atoms with Gasteiger partial charge in [0, 0.05) is 34.0 Å². The Labute approximate surface area is 128 Å². The molecule has 1 aromatic rings. The first-order valence-corrected chi connectivity index (χ1v) is 7.67. The zero-order valence-corrected chi connectivity index (χ0v) is 14.0. The maximum Gasteiger partial charge on any atom is 0.253 e. The molecule has 0 aliphatic carbocycles. The summed E-state index contributed by atoms with van der Waals surface area (Å²) >= 11 is 3.34. The van der Waals surface area contributed by atoms with Gasteiger partial charge in [0.1, 0.15) is 0 Å². The molecule has 4 nitrogen and oxygen atoms in total. The van der Waals surface area contributed by atoms with Crippen LogP contribution in [0.3, 0.4) is 0 Å². The molecule has 0 unspecified atom stereocenters. The average molecular weight is 340 g/mol. The summed E-state index contributed by atoms with van der Waals surface area (Å²) < 4.78 is 0.816. The third kappa shape index (κ3) is 4.03. The van der Waals surface area contributed by atoms with Crippen molar-refractivity contribution in [1.29, 1.82) is 0 Å². The topological polar surface area (TPSA) is 54.0 Å². The highest BCUT2D eigenvalue weighted by atomic mass is 79.9. The number of carbonyl (C=O) groups is 1. The maximum absolute atomic E-state index is 12.3. The maximum atomic E-state index is 12.3. The first-order chi connectivity index (χ1) is 9.17. The summed E-state index contributed by atoms with van der Waals surface area (Å²) in [5.41, 5.74) is 0.637. The van der Waals surface area contributed by atoms with Crippen LogP contribution >= 0.6 is 15.9 Å². The second-order valence-electron chi connectivity index (χ2n) is 6.86. The lowest BCUT2D eigenvalue weighted by Crippen LogP contribution is -2.62. The summed E-state index contributed by atoms with van der Waals surface area (Å²) in [7, 11) is 0. The molecule has 110 valence electrons. The second-order valence-corrected chi connectivity index (χ2v) is 7.78. The molecule has 1 amide bonds. The van der Waals surface area contributed by atoms with Gasteiger partial charge in [0.15, 0.2) is 0 Å². The van der Waals surface area contributed by atoms with E-state index in [2.05, 4.69) is 59.2 Å². The van der Waals surface area contributed by atoms with Gasteiger partial charge >= 0.3 is 0 Å². The second kappa shape index (κ2) is 5.45. The monoisotopic (exact) mass is 339 g/mol. The van der Waals surface area contributed by atoms with Crippen molar-refractivity contribution in [3.05, 3.63) is 28.5 Å². The van der Waals surface area contributed by atoms with E-state index in [1.165, 1.54) is 0 Å². The molecular formula is C15H22BrN3O. The smallest absolute Gasteiger partial charge is 0.253 e. The zero-order valence-electron chi connectivity index (χ0n) is 12.5. The highest BCUT2D eigenvalue weighted by Gasteiger charge is 2.38.